The van der Waals surface area contributed by atoms with Crippen LogP contribution in [0, 0.1) is 5.41 Å². The maximum absolute atomic E-state index is 10.0. The normalized spacial score (nSPS) is 18.4. The van der Waals surface area contributed by atoms with Crippen molar-refractivity contribution in [2.24, 2.45) is 5.41 Å². The highest BCUT2D eigenvalue weighted by Crippen LogP contribution is 2.35. The molecule has 4 heteroatoms. The topological polar surface area (TPSA) is 45.6 Å². The Balaban J connectivity index is 1.47. The SMILES string of the molecule is C[C@@H](Cc1cccnc1)N1CCC(CO)(CCOc2ccccc2)CC1. The van der Waals surface area contributed by atoms with E-state index in [1.54, 1.807) is 0 Å². The summed E-state index contributed by atoms with van der Waals surface area (Å²) in [6, 6.07) is 14.6. The number of aromatic nitrogens is 1. The Hall–Kier alpha value is -1.91. The predicted molar refractivity (Wildman–Crippen MR) is 104 cm³/mol. The summed E-state index contributed by atoms with van der Waals surface area (Å²) in [6.45, 7) is 5.27. The van der Waals surface area contributed by atoms with Crippen molar-refractivity contribution in [1.29, 1.82) is 0 Å². The van der Waals surface area contributed by atoms with E-state index in [0.29, 0.717) is 12.6 Å². The third-order valence-electron chi connectivity index (χ3n) is 5.72. The van der Waals surface area contributed by atoms with Crippen molar-refractivity contribution in [3.63, 3.8) is 0 Å². The summed E-state index contributed by atoms with van der Waals surface area (Å²) in [5, 5.41) is 10.0. The van der Waals surface area contributed by atoms with Crippen molar-refractivity contribution in [2.75, 3.05) is 26.3 Å². The number of para-hydroxylation sites is 1. The van der Waals surface area contributed by atoms with Gasteiger partial charge in [0.05, 0.1) is 6.61 Å². The molecule has 1 fully saturated rings. The highest BCUT2D eigenvalue weighted by molar-refractivity contribution is 5.20. The van der Waals surface area contributed by atoms with Crippen LogP contribution in [0.1, 0.15) is 31.7 Å². The van der Waals surface area contributed by atoms with E-state index in [4.69, 9.17) is 4.74 Å². The van der Waals surface area contributed by atoms with E-state index >= 15 is 0 Å². The molecular weight excluding hydrogens is 324 g/mol. The average molecular weight is 354 g/mol. The van der Waals surface area contributed by atoms with Gasteiger partial charge in [-0.2, -0.15) is 0 Å². The molecule has 0 radical (unpaired) electrons. The molecule has 1 aromatic carbocycles. The zero-order chi connectivity index (χ0) is 18.2. The Morgan fingerprint density at radius 1 is 1.15 bits per heavy atom. The molecule has 0 amide bonds. The zero-order valence-electron chi connectivity index (χ0n) is 15.7. The number of piperidine rings is 1. The molecule has 1 aliphatic heterocycles. The van der Waals surface area contributed by atoms with E-state index in [1.807, 2.05) is 48.8 Å². The third-order valence-corrected chi connectivity index (χ3v) is 5.72. The van der Waals surface area contributed by atoms with Crippen LogP contribution in [0.25, 0.3) is 0 Å². The molecule has 0 bridgehead atoms. The Morgan fingerprint density at radius 2 is 1.92 bits per heavy atom. The van der Waals surface area contributed by atoms with Crippen LogP contribution in [0.2, 0.25) is 0 Å². The molecule has 2 heterocycles. The van der Waals surface area contributed by atoms with E-state index in [0.717, 1.165) is 44.5 Å². The van der Waals surface area contributed by atoms with E-state index in [2.05, 4.69) is 22.9 Å². The van der Waals surface area contributed by atoms with Crippen LogP contribution < -0.4 is 4.74 Å². The number of rotatable bonds is 8. The average Bonchev–Trinajstić information content (AvgIpc) is 2.70. The van der Waals surface area contributed by atoms with Crippen molar-refractivity contribution in [2.45, 2.75) is 38.6 Å². The second kappa shape index (κ2) is 9.15. The third kappa shape index (κ3) is 5.05. The fourth-order valence-corrected chi connectivity index (χ4v) is 3.82. The van der Waals surface area contributed by atoms with Gasteiger partial charge in [0.25, 0.3) is 0 Å². The first-order valence-corrected chi connectivity index (χ1v) is 9.62. The van der Waals surface area contributed by atoms with Gasteiger partial charge in [-0.25, -0.2) is 0 Å². The molecule has 26 heavy (non-hydrogen) atoms. The van der Waals surface area contributed by atoms with Crippen molar-refractivity contribution in [1.82, 2.24) is 9.88 Å². The summed E-state index contributed by atoms with van der Waals surface area (Å²) in [4.78, 5) is 6.75. The first-order chi connectivity index (χ1) is 12.7. The van der Waals surface area contributed by atoms with Gasteiger partial charge in [-0.05, 0) is 74.9 Å². The number of hydrogen-bond donors (Lipinski definition) is 1. The summed E-state index contributed by atoms with van der Waals surface area (Å²) < 4.78 is 5.86. The van der Waals surface area contributed by atoms with Crippen molar-refractivity contribution < 1.29 is 9.84 Å². The molecule has 3 rings (SSSR count). The highest BCUT2D eigenvalue weighted by Gasteiger charge is 2.35. The van der Waals surface area contributed by atoms with Gasteiger partial charge in [-0.1, -0.05) is 24.3 Å². The summed E-state index contributed by atoms with van der Waals surface area (Å²) >= 11 is 0. The minimum absolute atomic E-state index is 0.000692. The summed E-state index contributed by atoms with van der Waals surface area (Å²) in [6.07, 6.45) is 7.76. The monoisotopic (exact) mass is 354 g/mol. The van der Waals surface area contributed by atoms with Crippen molar-refractivity contribution in [3.05, 3.63) is 60.4 Å². The molecule has 1 aromatic heterocycles. The molecule has 4 nitrogen and oxygen atoms in total. The molecule has 0 aliphatic carbocycles. The van der Waals surface area contributed by atoms with Crippen LogP contribution in [0.5, 0.6) is 5.75 Å². The second-order valence-electron chi connectivity index (χ2n) is 7.52. The van der Waals surface area contributed by atoms with Crippen LogP contribution in [0.15, 0.2) is 54.9 Å². The minimum atomic E-state index is -0.000692. The highest BCUT2D eigenvalue weighted by atomic mass is 16.5. The van der Waals surface area contributed by atoms with Gasteiger partial charge < -0.3 is 14.7 Å². The quantitative estimate of drug-likeness (QED) is 0.787. The van der Waals surface area contributed by atoms with Crippen molar-refractivity contribution in [3.8, 4) is 5.75 Å². The van der Waals surface area contributed by atoms with Crippen LogP contribution >= 0.6 is 0 Å². The number of nitrogens with zero attached hydrogens (tertiary/aromatic N) is 2. The zero-order valence-corrected chi connectivity index (χ0v) is 15.7. The molecular formula is C22H30N2O2. The van der Waals surface area contributed by atoms with Crippen molar-refractivity contribution >= 4 is 0 Å². The van der Waals surface area contributed by atoms with E-state index in [1.165, 1.54) is 5.56 Å². The fourth-order valence-electron chi connectivity index (χ4n) is 3.82. The lowest BCUT2D eigenvalue weighted by atomic mass is 9.76. The number of benzene rings is 1. The van der Waals surface area contributed by atoms with E-state index in [-0.39, 0.29) is 12.0 Å². The minimum Gasteiger partial charge on any atom is -0.494 e. The predicted octanol–water partition coefficient (Wildman–Crippen LogP) is 3.56. The first kappa shape index (κ1) is 18.9. The van der Waals surface area contributed by atoms with Gasteiger partial charge >= 0.3 is 0 Å². The van der Waals surface area contributed by atoms with Gasteiger partial charge in [-0.15, -0.1) is 0 Å². The molecule has 1 aliphatic rings. The van der Waals surface area contributed by atoms with Crippen LogP contribution in [0.3, 0.4) is 0 Å². The number of hydrogen-bond acceptors (Lipinski definition) is 4. The molecule has 0 spiro atoms. The molecule has 1 N–H and O–H groups in total. The first-order valence-electron chi connectivity index (χ1n) is 9.62. The molecule has 1 saturated heterocycles. The number of pyridine rings is 1. The van der Waals surface area contributed by atoms with Crippen LogP contribution in [-0.4, -0.2) is 47.3 Å². The molecule has 0 saturated carbocycles. The Bertz CT molecular complexity index is 640. The fraction of sp³-hybridized carbons (Fsp3) is 0.500. The smallest absolute Gasteiger partial charge is 0.119 e. The maximum atomic E-state index is 10.0. The lowest BCUT2D eigenvalue weighted by molar-refractivity contribution is 0.0151. The number of likely N-dealkylation sites (tertiary alicyclic amines) is 1. The lowest BCUT2D eigenvalue weighted by Gasteiger charge is -2.43. The Labute approximate surface area is 156 Å². The summed E-state index contributed by atoms with van der Waals surface area (Å²) in [5.74, 6) is 0.906. The molecule has 1 atom stereocenters. The van der Waals surface area contributed by atoms with Gasteiger partial charge in [0.15, 0.2) is 0 Å². The molecule has 0 unspecified atom stereocenters. The van der Waals surface area contributed by atoms with Crippen LogP contribution in [0.4, 0.5) is 0 Å². The maximum Gasteiger partial charge on any atom is 0.119 e. The largest absolute Gasteiger partial charge is 0.494 e. The van der Waals surface area contributed by atoms with Gasteiger partial charge in [-0.3, -0.25) is 4.98 Å². The molecule has 2 aromatic rings. The van der Waals surface area contributed by atoms with E-state index < -0.39 is 0 Å². The second-order valence-corrected chi connectivity index (χ2v) is 7.52. The number of aliphatic hydroxyl groups is 1. The summed E-state index contributed by atoms with van der Waals surface area (Å²) in [5.41, 5.74) is 1.29. The lowest BCUT2D eigenvalue weighted by Crippen LogP contribution is -2.46. The van der Waals surface area contributed by atoms with Gasteiger partial charge in [0, 0.05) is 25.0 Å². The standard InChI is InChI=1S/C22H30N2O2/c1-19(16-20-6-5-12-23-17-20)24-13-9-22(18-25,10-14-24)11-15-26-21-7-3-2-4-8-21/h2-8,12,17,19,25H,9-11,13-16,18H2,1H3/t19-/m0/s1. The summed E-state index contributed by atoms with van der Waals surface area (Å²) in [7, 11) is 0. The van der Waals surface area contributed by atoms with E-state index in [9.17, 15) is 5.11 Å². The van der Waals surface area contributed by atoms with Gasteiger partial charge in [0.1, 0.15) is 5.75 Å². The van der Waals surface area contributed by atoms with Gasteiger partial charge in [0.2, 0.25) is 0 Å². The number of ether oxygens (including phenoxy) is 1. The number of aliphatic hydroxyl groups excluding tert-OH is 1. The van der Waals surface area contributed by atoms with Crippen LogP contribution in [-0.2, 0) is 6.42 Å². The molecule has 140 valence electrons. The Morgan fingerprint density at radius 3 is 2.58 bits per heavy atom. The Kier molecular flexibility index (Phi) is 6.64.